The fourth-order valence-electron chi connectivity index (χ4n) is 0.756. The molecule has 70 valence electrons. The van der Waals surface area contributed by atoms with E-state index in [0.29, 0.717) is 0 Å². The van der Waals surface area contributed by atoms with Gasteiger partial charge in [-0.05, 0) is 0 Å². The lowest BCUT2D eigenvalue weighted by Gasteiger charge is -2.05. The maximum Gasteiger partial charge on any atom is 0.508 e. The van der Waals surface area contributed by atoms with Crippen molar-refractivity contribution in [2.45, 2.75) is 6.10 Å². The third-order valence-corrected chi connectivity index (χ3v) is 2.53. The van der Waals surface area contributed by atoms with Crippen LogP contribution < -0.4 is 0 Å². The average Bonchev–Trinajstić information content (AvgIpc) is 2.30. The molecule has 6 nitrogen and oxygen atoms in total. The zero-order chi connectivity index (χ0) is 9.19. The van der Waals surface area contributed by atoms with Crippen molar-refractivity contribution in [3.63, 3.8) is 0 Å². The minimum absolute atomic E-state index is 0.128. The molecule has 0 spiro atoms. The third kappa shape index (κ3) is 2.35. The predicted molar refractivity (Wildman–Crippen MR) is 37.0 cm³/mol. The van der Waals surface area contributed by atoms with Gasteiger partial charge in [0.25, 0.3) is 10.1 Å². The number of hydrogen-bond donors (Lipinski definition) is 0. The van der Waals surface area contributed by atoms with Crippen molar-refractivity contribution < 1.29 is 26.9 Å². The highest BCUT2D eigenvalue weighted by Crippen LogP contribution is 2.11. The predicted octanol–water partition coefficient (Wildman–Crippen LogP) is -0.502. The Morgan fingerprint density at radius 1 is 1.58 bits per heavy atom. The van der Waals surface area contributed by atoms with Crippen LogP contribution in [0.15, 0.2) is 0 Å². The summed E-state index contributed by atoms with van der Waals surface area (Å²) in [6.07, 6.45) is -1.65. The fourth-order valence-corrected chi connectivity index (χ4v) is 1.83. The van der Waals surface area contributed by atoms with E-state index in [0.717, 1.165) is 7.11 Å². The van der Waals surface area contributed by atoms with Crippen molar-refractivity contribution >= 4 is 16.3 Å². The Hall–Kier alpha value is -0.820. The highest BCUT2D eigenvalue weighted by atomic mass is 32.2. The van der Waals surface area contributed by atoms with Crippen molar-refractivity contribution in [1.29, 1.82) is 0 Å². The van der Waals surface area contributed by atoms with E-state index >= 15 is 0 Å². The second kappa shape index (κ2) is 3.28. The van der Waals surface area contributed by atoms with E-state index in [9.17, 15) is 13.2 Å². The molecular formula is C5H8O6S. The van der Waals surface area contributed by atoms with Crippen molar-refractivity contribution in [1.82, 2.24) is 0 Å². The molecule has 1 saturated heterocycles. The Bertz CT molecular complexity index is 268. The molecule has 0 saturated carbocycles. The largest absolute Gasteiger partial charge is 0.508 e. The first-order valence-corrected chi connectivity index (χ1v) is 4.73. The van der Waals surface area contributed by atoms with Gasteiger partial charge in [-0.15, -0.1) is 0 Å². The van der Waals surface area contributed by atoms with Crippen molar-refractivity contribution in [2.75, 3.05) is 19.5 Å². The van der Waals surface area contributed by atoms with Crippen LogP contribution in [0.25, 0.3) is 0 Å². The summed E-state index contributed by atoms with van der Waals surface area (Å²) in [5, 5.41) is 0. The van der Waals surface area contributed by atoms with Gasteiger partial charge in [0.05, 0.1) is 7.11 Å². The van der Waals surface area contributed by atoms with Crippen LogP contribution in [0.4, 0.5) is 4.79 Å². The molecule has 0 unspecified atom stereocenters. The fraction of sp³-hybridized carbons (Fsp3) is 0.800. The van der Waals surface area contributed by atoms with Crippen LogP contribution in [-0.4, -0.2) is 40.1 Å². The van der Waals surface area contributed by atoms with Gasteiger partial charge in [0.2, 0.25) is 0 Å². The molecule has 0 amide bonds. The van der Waals surface area contributed by atoms with Gasteiger partial charge in [0, 0.05) is 0 Å². The molecule has 0 aromatic carbocycles. The summed E-state index contributed by atoms with van der Waals surface area (Å²) in [6.45, 7) is -0.128. The number of carbonyl (C=O) groups excluding carboxylic acids is 1. The Morgan fingerprint density at radius 2 is 2.25 bits per heavy atom. The lowest BCUT2D eigenvalue weighted by Crippen LogP contribution is -2.21. The SMILES string of the molecule is COC(=O)O[C@@H]1COS(=O)(=O)C1. The molecule has 0 radical (unpaired) electrons. The zero-order valence-electron chi connectivity index (χ0n) is 6.35. The molecule has 1 aliphatic rings. The summed E-state index contributed by atoms with van der Waals surface area (Å²) in [6, 6.07) is 0. The van der Waals surface area contributed by atoms with Gasteiger partial charge in [-0.25, -0.2) is 4.79 Å². The number of rotatable bonds is 1. The molecule has 0 aromatic rings. The standard InChI is InChI=1S/C5H8O6S/c1-9-5(6)11-4-2-10-12(7,8)3-4/h4H,2-3H2,1H3/t4-/m1/s1. The molecule has 1 atom stereocenters. The van der Waals surface area contributed by atoms with Gasteiger partial charge < -0.3 is 9.47 Å². The van der Waals surface area contributed by atoms with Gasteiger partial charge in [-0.1, -0.05) is 0 Å². The second-order valence-electron chi connectivity index (χ2n) is 2.20. The first kappa shape index (κ1) is 9.27. The Labute approximate surface area is 69.5 Å². The first-order valence-electron chi connectivity index (χ1n) is 3.15. The van der Waals surface area contributed by atoms with Crippen LogP contribution in [0.5, 0.6) is 0 Å². The van der Waals surface area contributed by atoms with Crippen LogP contribution in [0.1, 0.15) is 0 Å². The molecule has 0 aliphatic carbocycles. The second-order valence-corrected chi connectivity index (χ2v) is 3.89. The summed E-state index contributed by atoms with van der Waals surface area (Å²) in [5.41, 5.74) is 0. The van der Waals surface area contributed by atoms with E-state index in [1.165, 1.54) is 0 Å². The summed E-state index contributed by atoms with van der Waals surface area (Å²) in [5.74, 6) is -0.303. The zero-order valence-corrected chi connectivity index (χ0v) is 7.17. The average molecular weight is 196 g/mol. The Balaban J connectivity index is 2.43. The quantitative estimate of drug-likeness (QED) is 0.415. The first-order chi connectivity index (χ1) is 5.53. The molecule has 7 heteroatoms. The van der Waals surface area contributed by atoms with Gasteiger partial charge >= 0.3 is 6.16 Å². The number of carbonyl (C=O) groups is 1. The Kier molecular flexibility index (Phi) is 2.53. The molecule has 0 bridgehead atoms. The topological polar surface area (TPSA) is 78.9 Å². The smallest absolute Gasteiger partial charge is 0.438 e. The third-order valence-electron chi connectivity index (χ3n) is 1.25. The molecule has 0 aromatic heterocycles. The van der Waals surface area contributed by atoms with E-state index in [1.54, 1.807) is 0 Å². The number of methoxy groups -OCH3 is 1. The molecule has 1 heterocycles. The van der Waals surface area contributed by atoms with Gasteiger partial charge in [0.1, 0.15) is 18.5 Å². The van der Waals surface area contributed by atoms with E-state index in [4.69, 9.17) is 0 Å². The summed E-state index contributed by atoms with van der Waals surface area (Å²) < 4.78 is 34.4. The van der Waals surface area contributed by atoms with Crippen LogP contribution in [0.3, 0.4) is 0 Å². The summed E-state index contributed by atoms with van der Waals surface area (Å²) in [7, 11) is -2.34. The van der Waals surface area contributed by atoms with Gasteiger partial charge in [-0.3, -0.25) is 4.18 Å². The number of ether oxygens (including phenoxy) is 2. The Morgan fingerprint density at radius 3 is 2.67 bits per heavy atom. The van der Waals surface area contributed by atoms with Gasteiger partial charge in [0.15, 0.2) is 0 Å². The van der Waals surface area contributed by atoms with Gasteiger partial charge in [-0.2, -0.15) is 8.42 Å². The monoisotopic (exact) mass is 196 g/mol. The maximum atomic E-state index is 10.7. The molecule has 0 N–H and O–H groups in total. The lowest BCUT2D eigenvalue weighted by atomic mass is 10.4. The minimum Gasteiger partial charge on any atom is -0.438 e. The highest BCUT2D eigenvalue weighted by Gasteiger charge is 2.32. The molecular weight excluding hydrogens is 188 g/mol. The van der Waals surface area contributed by atoms with Crippen molar-refractivity contribution in [3.8, 4) is 0 Å². The normalized spacial score (nSPS) is 26.6. The molecule has 1 fully saturated rings. The maximum absolute atomic E-state index is 10.7. The lowest BCUT2D eigenvalue weighted by molar-refractivity contribution is 0.0369. The molecule has 1 aliphatic heterocycles. The van der Waals surface area contributed by atoms with E-state index < -0.39 is 22.4 Å². The van der Waals surface area contributed by atoms with Crippen LogP contribution in [-0.2, 0) is 23.8 Å². The number of hydrogen-bond acceptors (Lipinski definition) is 6. The minimum atomic E-state index is -3.48. The van der Waals surface area contributed by atoms with Crippen LogP contribution in [0.2, 0.25) is 0 Å². The molecule has 1 rings (SSSR count). The van der Waals surface area contributed by atoms with E-state index in [-0.39, 0.29) is 12.4 Å². The van der Waals surface area contributed by atoms with E-state index in [2.05, 4.69) is 13.7 Å². The van der Waals surface area contributed by atoms with E-state index in [1.807, 2.05) is 0 Å². The van der Waals surface area contributed by atoms with Crippen molar-refractivity contribution in [2.24, 2.45) is 0 Å². The van der Waals surface area contributed by atoms with Crippen molar-refractivity contribution in [3.05, 3.63) is 0 Å². The highest BCUT2D eigenvalue weighted by molar-refractivity contribution is 7.87. The van der Waals surface area contributed by atoms with Crippen LogP contribution >= 0.6 is 0 Å². The summed E-state index contributed by atoms with van der Waals surface area (Å²) >= 11 is 0. The molecule has 12 heavy (non-hydrogen) atoms. The van der Waals surface area contributed by atoms with Crippen LogP contribution in [0, 0.1) is 0 Å². The summed E-state index contributed by atoms with van der Waals surface area (Å²) in [4.78, 5) is 10.5.